The Kier molecular flexibility index (Phi) is 62.6. The Morgan fingerprint density at radius 3 is 0.632 bits per heavy atom. The molecule has 0 rings (SSSR count). The highest BCUT2D eigenvalue weighted by Crippen LogP contribution is 2.16. The van der Waals surface area contributed by atoms with Crippen LogP contribution in [-0.2, 0) is 28.6 Å². The fourth-order valence-electron chi connectivity index (χ4n) is 10.3. The van der Waals surface area contributed by atoms with Crippen LogP contribution in [0.15, 0.2) is 0 Å². The number of esters is 3. The van der Waals surface area contributed by atoms with Gasteiger partial charge in [0.1, 0.15) is 0 Å². The summed E-state index contributed by atoms with van der Waals surface area (Å²) in [6, 6.07) is 0. The van der Waals surface area contributed by atoms with Gasteiger partial charge >= 0.3 is 17.9 Å². The number of quaternary nitrogens is 3. The van der Waals surface area contributed by atoms with Crippen molar-refractivity contribution in [3.8, 4) is 0 Å². The van der Waals surface area contributed by atoms with E-state index >= 15 is 0 Å². The molecule has 0 aliphatic heterocycles. The number of rotatable bonds is 57. The molecule has 0 amide bonds. The summed E-state index contributed by atoms with van der Waals surface area (Å²) in [5, 5.41) is 0. The summed E-state index contributed by atoms with van der Waals surface area (Å²) in [6.45, 7) is 15.1. The largest absolute Gasteiger partial charge is 1.00 e. The van der Waals surface area contributed by atoms with E-state index in [1.807, 2.05) is 0 Å². The Labute approximate surface area is 504 Å². The summed E-state index contributed by atoms with van der Waals surface area (Å²) in [7, 11) is 12.9. The van der Waals surface area contributed by atoms with Crippen LogP contribution in [0, 0.1) is 0 Å². The van der Waals surface area contributed by atoms with E-state index < -0.39 is 0 Å². The summed E-state index contributed by atoms with van der Waals surface area (Å²) in [5.74, 6) is -0.277. The number of hydrogen-bond acceptors (Lipinski definition) is 7. The lowest BCUT2D eigenvalue weighted by atomic mass is 10.1. The highest BCUT2D eigenvalue weighted by molar-refractivity contribution is 5.71. The van der Waals surface area contributed by atoms with Gasteiger partial charge in [0.2, 0.25) is 0 Å². The summed E-state index contributed by atoms with van der Waals surface area (Å²) < 4.78 is 19.0. The number of likely N-dealkylation sites (N-methyl/N-ethyl adjacent to an activating group) is 3. The molecule has 0 radical (unpaired) electrons. The molecule has 0 aromatic carbocycles. The Hall–Kier alpha value is -0.310. The third-order valence-electron chi connectivity index (χ3n) is 15.2. The quantitative estimate of drug-likeness (QED) is 0.0301. The Bertz CT molecular complexity index is 1110. The second kappa shape index (κ2) is 57.9. The van der Waals surface area contributed by atoms with E-state index in [0.717, 1.165) is 97.1 Å². The molecule has 0 fully saturated rings. The van der Waals surface area contributed by atoms with Gasteiger partial charge in [-0.1, -0.05) is 233 Å². The maximum Gasteiger partial charge on any atom is 0.361 e. The second-order valence-corrected chi connectivity index (χ2v) is 24.7. The van der Waals surface area contributed by atoms with Crippen molar-refractivity contribution in [1.29, 1.82) is 0 Å². The van der Waals surface area contributed by atoms with Gasteiger partial charge in [0.05, 0.1) is 81.7 Å². The molecule has 0 atom stereocenters. The van der Waals surface area contributed by atoms with Crippen LogP contribution in [0.3, 0.4) is 0 Å². The molecule has 76 heavy (non-hydrogen) atoms. The number of hydrogen-bond donors (Lipinski definition) is 0. The zero-order valence-electron chi connectivity index (χ0n) is 51.9. The Morgan fingerprint density at radius 2 is 0.447 bits per heavy atom. The van der Waals surface area contributed by atoms with Crippen LogP contribution in [0.1, 0.15) is 271 Å². The zero-order chi connectivity index (χ0) is 54.0. The molecule has 0 aromatic heterocycles. The smallest absolute Gasteiger partial charge is 0.361 e. The molecular weight excluding hydrogens is 1150 g/mol. The minimum Gasteiger partial charge on any atom is -1.00 e. The van der Waals surface area contributed by atoms with Crippen LogP contribution >= 0.6 is 0 Å². The van der Waals surface area contributed by atoms with E-state index in [9.17, 15) is 14.4 Å². The van der Waals surface area contributed by atoms with Crippen molar-refractivity contribution in [2.75, 3.05) is 121 Å². The van der Waals surface area contributed by atoms with Gasteiger partial charge in [-0.3, -0.25) is 0 Å². The number of carbonyl (C=O) groups is 3. The van der Waals surface area contributed by atoms with E-state index in [-0.39, 0.29) is 68.9 Å². The molecule has 13 heteroatoms. The fourth-order valence-corrected chi connectivity index (χ4v) is 10.3. The first-order valence-electron chi connectivity index (χ1n) is 31.8. The topological polar surface area (TPSA) is 82.1 Å². The van der Waals surface area contributed by atoms with Gasteiger partial charge in [-0.05, 0) is 19.3 Å². The van der Waals surface area contributed by atoms with E-state index in [2.05, 4.69) is 68.0 Å². The SMILES string of the molecule is CCCCCCCCCCCCCCOC(=O)C[N+](C)(C)CCCN(CCC[N+](C)(C)CC(=O)OCCCCCCCCCCCCCC)CCC[N+](C)(C)CC(=O)OCCCCCCCCCCCCCC.[Br-].[Br-].[Br-]. The molecule has 0 aliphatic carbocycles. The zero-order valence-corrected chi connectivity index (χ0v) is 56.7. The van der Waals surface area contributed by atoms with Crippen molar-refractivity contribution in [2.45, 2.75) is 271 Å². The van der Waals surface area contributed by atoms with Crippen molar-refractivity contribution in [3.05, 3.63) is 0 Å². The first kappa shape index (κ1) is 82.2. The molecule has 0 unspecified atom stereocenters. The molecule has 0 bridgehead atoms. The third-order valence-corrected chi connectivity index (χ3v) is 15.2. The van der Waals surface area contributed by atoms with Crippen molar-refractivity contribution in [2.24, 2.45) is 0 Å². The lowest BCUT2D eigenvalue weighted by Crippen LogP contribution is -3.00. The number of halogens is 3. The maximum absolute atomic E-state index is 12.9. The minimum atomic E-state index is -0.0925. The van der Waals surface area contributed by atoms with Crippen molar-refractivity contribution in [3.63, 3.8) is 0 Å². The molecule has 0 N–H and O–H groups in total. The maximum atomic E-state index is 12.9. The lowest BCUT2D eigenvalue weighted by molar-refractivity contribution is -0.883. The van der Waals surface area contributed by atoms with Crippen LogP contribution in [0.2, 0.25) is 0 Å². The van der Waals surface area contributed by atoms with Gasteiger partial charge < -0.3 is 83.5 Å². The molecule has 0 heterocycles. The standard InChI is InChI=1S/C63H129N4O6.3BrH/c1-10-13-16-19-22-25-28-31-34-37-40-43-55-71-61(68)58-65(4,5)52-46-49-64(50-47-53-66(6,7)59-62(69)72-56-44-41-38-35-32-29-26-23-20-17-14-11-2)51-48-54-67(8,9)60-63(70)73-57-45-42-39-36-33-30-27-24-21-18-15-12-3;;;/h10-60H2,1-9H3;3*1H/q+3;;;/p-3. The molecule has 0 aliphatic rings. The van der Waals surface area contributed by atoms with Gasteiger partial charge in [-0.25, -0.2) is 14.4 Å². The van der Waals surface area contributed by atoms with E-state index in [1.165, 1.54) is 193 Å². The lowest BCUT2D eigenvalue weighted by Gasteiger charge is -2.32. The minimum absolute atomic E-state index is 0. The van der Waals surface area contributed by atoms with E-state index in [0.29, 0.717) is 52.9 Å². The van der Waals surface area contributed by atoms with Crippen molar-refractivity contribution >= 4 is 17.9 Å². The molecule has 0 saturated heterocycles. The molecule has 10 nitrogen and oxygen atoms in total. The van der Waals surface area contributed by atoms with Gasteiger partial charge in [-0.15, -0.1) is 0 Å². The Balaban J connectivity index is -0.00000864. The van der Waals surface area contributed by atoms with Crippen LogP contribution < -0.4 is 50.9 Å². The Morgan fingerprint density at radius 1 is 0.276 bits per heavy atom. The first-order chi connectivity index (χ1) is 35.1. The normalized spacial score (nSPS) is 11.8. The van der Waals surface area contributed by atoms with E-state index in [1.54, 1.807) is 0 Å². The van der Waals surface area contributed by atoms with E-state index in [4.69, 9.17) is 14.2 Å². The molecular formula is C63H129Br3N4O6. The number of nitrogens with zero attached hydrogens (tertiary/aromatic N) is 4. The highest BCUT2D eigenvalue weighted by Gasteiger charge is 2.25. The summed E-state index contributed by atoms with van der Waals surface area (Å²) >= 11 is 0. The summed E-state index contributed by atoms with van der Waals surface area (Å²) in [6.07, 6.45) is 49.6. The summed E-state index contributed by atoms with van der Waals surface area (Å²) in [5.41, 5.74) is 0. The van der Waals surface area contributed by atoms with Gasteiger partial charge in [0, 0.05) is 38.9 Å². The molecule has 0 aromatic rings. The fraction of sp³-hybridized carbons (Fsp3) is 0.952. The average Bonchev–Trinajstić information content (AvgIpc) is 3.32. The third kappa shape index (κ3) is 59.8. The predicted molar refractivity (Wildman–Crippen MR) is 312 cm³/mol. The number of unbranched alkanes of at least 4 members (excludes halogenated alkanes) is 33. The number of carbonyl (C=O) groups excluding carboxylic acids is 3. The van der Waals surface area contributed by atoms with Crippen LogP contribution in [-0.4, -0.2) is 157 Å². The average molecular weight is 1280 g/mol. The van der Waals surface area contributed by atoms with Crippen LogP contribution in [0.4, 0.5) is 0 Å². The molecule has 458 valence electrons. The van der Waals surface area contributed by atoms with Crippen LogP contribution in [0.25, 0.3) is 0 Å². The molecule has 0 spiro atoms. The van der Waals surface area contributed by atoms with Crippen molar-refractivity contribution < 1.29 is 93.0 Å². The van der Waals surface area contributed by atoms with Crippen molar-refractivity contribution in [1.82, 2.24) is 4.90 Å². The number of ether oxygens (including phenoxy) is 3. The summed E-state index contributed by atoms with van der Waals surface area (Å²) in [4.78, 5) is 41.3. The predicted octanol–water partition coefficient (Wildman–Crippen LogP) is 6.43. The van der Waals surface area contributed by atoms with Gasteiger partial charge in [0.25, 0.3) is 0 Å². The van der Waals surface area contributed by atoms with Gasteiger partial charge in [-0.2, -0.15) is 0 Å². The second-order valence-electron chi connectivity index (χ2n) is 24.7. The monoisotopic (exact) mass is 1270 g/mol. The molecule has 0 saturated carbocycles. The highest BCUT2D eigenvalue weighted by atomic mass is 79.9. The van der Waals surface area contributed by atoms with Gasteiger partial charge in [0.15, 0.2) is 19.6 Å². The van der Waals surface area contributed by atoms with Crippen LogP contribution in [0.5, 0.6) is 0 Å². The first-order valence-corrected chi connectivity index (χ1v) is 31.8.